The van der Waals surface area contributed by atoms with E-state index in [2.05, 4.69) is 10.3 Å². The van der Waals surface area contributed by atoms with E-state index in [0.29, 0.717) is 12.2 Å². The highest BCUT2D eigenvalue weighted by atomic mass is 32.2. The van der Waals surface area contributed by atoms with Crippen LogP contribution in [0.25, 0.3) is 0 Å². The van der Waals surface area contributed by atoms with Crippen LogP contribution in [0.2, 0.25) is 0 Å². The van der Waals surface area contributed by atoms with E-state index in [-0.39, 0.29) is 17.5 Å². The number of hydrogen-bond acceptors (Lipinski definition) is 5. The Bertz CT molecular complexity index is 425. The summed E-state index contributed by atoms with van der Waals surface area (Å²) in [5.74, 6) is 0.821. The van der Waals surface area contributed by atoms with E-state index >= 15 is 0 Å². The largest absolute Gasteiger partial charge is 0.362 e. The molecule has 0 radical (unpaired) electrons. The first-order valence-corrected chi connectivity index (χ1v) is 6.89. The fraction of sp³-hybridized carbons (Fsp3) is 0.500. The Hall–Kier alpha value is -1.50. The van der Waals surface area contributed by atoms with Crippen molar-refractivity contribution >= 4 is 22.3 Å². The van der Waals surface area contributed by atoms with Gasteiger partial charge in [-0.1, -0.05) is 0 Å². The molecular weight excluding hydrogens is 242 g/mol. The van der Waals surface area contributed by atoms with Crippen molar-refractivity contribution in [2.75, 3.05) is 17.3 Å². The maximum atomic E-state index is 10.9. The average Bonchev–Trinajstić information content (AvgIpc) is 2.27. The highest BCUT2D eigenvalue weighted by Crippen LogP contribution is 2.21. The van der Waals surface area contributed by atoms with Crippen molar-refractivity contribution in [3.05, 3.63) is 28.4 Å². The van der Waals surface area contributed by atoms with Crippen LogP contribution in [-0.4, -0.2) is 32.2 Å². The van der Waals surface area contributed by atoms with Gasteiger partial charge in [-0.25, -0.2) is 4.98 Å². The van der Waals surface area contributed by atoms with Gasteiger partial charge in [0.05, 0.1) is 4.92 Å². The summed E-state index contributed by atoms with van der Waals surface area (Å²) in [5, 5.41) is 13.7. The lowest BCUT2D eigenvalue weighted by Crippen LogP contribution is -2.19. The van der Waals surface area contributed by atoms with E-state index in [1.165, 1.54) is 18.3 Å². The first-order valence-electron chi connectivity index (χ1n) is 5.16. The Morgan fingerprint density at radius 1 is 1.65 bits per heavy atom. The van der Waals surface area contributed by atoms with Gasteiger partial charge in [0.15, 0.2) is 0 Å². The van der Waals surface area contributed by atoms with Crippen LogP contribution in [0.5, 0.6) is 0 Å². The van der Waals surface area contributed by atoms with Crippen LogP contribution >= 0.6 is 0 Å². The lowest BCUT2D eigenvalue weighted by molar-refractivity contribution is -0.384. The summed E-state index contributed by atoms with van der Waals surface area (Å²) in [4.78, 5) is 14.2. The first-order chi connectivity index (χ1) is 8.00. The summed E-state index contributed by atoms with van der Waals surface area (Å²) >= 11 is 0. The second kappa shape index (κ2) is 6.29. The van der Waals surface area contributed by atoms with Crippen molar-refractivity contribution in [2.24, 2.45) is 0 Å². The first kappa shape index (κ1) is 13.6. The van der Waals surface area contributed by atoms with Gasteiger partial charge in [-0.3, -0.25) is 14.3 Å². The number of hydrogen-bond donors (Lipinski definition) is 1. The van der Waals surface area contributed by atoms with Crippen molar-refractivity contribution in [3.8, 4) is 0 Å². The van der Waals surface area contributed by atoms with Crippen molar-refractivity contribution < 1.29 is 9.13 Å². The van der Waals surface area contributed by atoms with E-state index in [1.807, 2.05) is 6.92 Å². The molecule has 0 amide bonds. The average molecular weight is 257 g/mol. The van der Waals surface area contributed by atoms with E-state index in [4.69, 9.17) is 0 Å². The molecule has 1 heterocycles. The molecular formula is C10H15N3O3S. The maximum Gasteiger partial charge on any atom is 0.311 e. The molecule has 7 heteroatoms. The smallest absolute Gasteiger partial charge is 0.311 e. The van der Waals surface area contributed by atoms with Gasteiger partial charge in [0.1, 0.15) is 0 Å². The zero-order valence-corrected chi connectivity index (χ0v) is 10.6. The predicted molar refractivity (Wildman–Crippen MR) is 67.5 cm³/mol. The molecule has 0 bridgehead atoms. The Kier molecular flexibility index (Phi) is 5.02. The second-order valence-electron chi connectivity index (χ2n) is 3.74. The van der Waals surface area contributed by atoms with Crippen LogP contribution in [0.4, 0.5) is 11.5 Å². The molecule has 1 rings (SSSR count). The summed E-state index contributed by atoms with van der Waals surface area (Å²) in [6, 6.07) is 2.92. The molecule has 0 saturated heterocycles. The molecule has 94 valence electrons. The fourth-order valence-corrected chi connectivity index (χ4v) is 1.99. The molecule has 0 aliphatic carbocycles. The van der Waals surface area contributed by atoms with Crippen LogP contribution in [0.1, 0.15) is 13.3 Å². The van der Waals surface area contributed by atoms with Gasteiger partial charge in [-0.2, -0.15) is 0 Å². The zero-order valence-electron chi connectivity index (χ0n) is 9.75. The number of pyridine rings is 1. The standard InChI is InChI=1S/C10H15N3O3S/c1-8(5-7-17(2)16)12-10-9(13(14)15)4-3-6-11-10/h3-4,6,8H,5,7H2,1-2H3,(H,11,12). The van der Waals surface area contributed by atoms with Gasteiger partial charge >= 0.3 is 5.69 Å². The van der Waals surface area contributed by atoms with Gasteiger partial charge in [0.25, 0.3) is 0 Å². The molecule has 1 aromatic heterocycles. The summed E-state index contributed by atoms with van der Waals surface area (Å²) in [6.07, 6.45) is 3.81. The quantitative estimate of drug-likeness (QED) is 0.617. The predicted octanol–water partition coefficient (Wildman–Crippen LogP) is 1.56. The fourth-order valence-electron chi connectivity index (χ4n) is 1.30. The molecule has 0 aliphatic heterocycles. The maximum absolute atomic E-state index is 10.9. The number of anilines is 1. The minimum Gasteiger partial charge on any atom is -0.362 e. The number of nitrogens with one attached hydrogen (secondary N) is 1. The molecule has 0 aromatic carbocycles. The molecule has 2 unspecified atom stereocenters. The third-order valence-electron chi connectivity index (χ3n) is 2.20. The molecule has 2 atom stereocenters. The van der Waals surface area contributed by atoms with Crippen LogP contribution in [0.3, 0.4) is 0 Å². The second-order valence-corrected chi connectivity index (χ2v) is 5.29. The SMILES string of the molecule is CC(CCS(C)=O)Nc1ncccc1[N+](=O)[O-]. The van der Waals surface area contributed by atoms with Crippen molar-refractivity contribution in [3.63, 3.8) is 0 Å². The van der Waals surface area contributed by atoms with Gasteiger partial charge in [0, 0.05) is 41.1 Å². The molecule has 0 saturated carbocycles. The van der Waals surface area contributed by atoms with Gasteiger partial charge in [-0.15, -0.1) is 0 Å². The van der Waals surface area contributed by atoms with Crippen molar-refractivity contribution in [2.45, 2.75) is 19.4 Å². The van der Waals surface area contributed by atoms with Gasteiger partial charge in [-0.05, 0) is 19.4 Å². The monoisotopic (exact) mass is 257 g/mol. The third kappa shape index (κ3) is 4.48. The number of aromatic nitrogens is 1. The van der Waals surface area contributed by atoms with Crippen LogP contribution < -0.4 is 5.32 Å². The minimum atomic E-state index is -0.853. The Balaban J connectivity index is 2.67. The summed E-state index contributed by atoms with van der Waals surface area (Å²) in [7, 11) is -0.853. The summed E-state index contributed by atoms with van der Waals surface area (Å²) < 4.78 is 10.9. The normalized spacial score (nSPS) is 14.0. The molecule has 0 spiro atoms. The Morgan fingerprint density at radius 3 is 2.94 bits per heavy atom. The van der Waals surface area contributed by atoms with E-state index in [1.54, 1.807) is 6.26 Å². The van der Waals surface area contributed by atoms with E-state index in [0.717, 1.165) is 0 Å². The topological polar surface area (TPSA) is 85.1 Å². The third-order valence-corrected chi connectivity index (χ3v) is 3.02. The number of rotatable bonds is 6. The van der Waals surface area contributed by atoms with Crippen LogP contribution in [0.15, 0.2) is 18.3 Å². The van der Waals surface area contributed by atoms with Gasteiger partial charge in [0.2, 0.25) is 5.82 Å². The molecule has 0 fully saturated rings. The molecule has 1 N–H and O–H groups in total. The van der Waals surface area contributed by atoms with Crippen molar-refractivity contribution in [1.82, 2.24) is 4.98 Å². The summed E-state index contributed by atoms with van der Waals surface area (Å²) in [6.45, 7) is 1.88. The molecule has 0 aliphatic rings. The summed E-state index contributed by atoms with van der Waals surface area (Å²) in [5.41, 5.74) is -0.0445. The van der Waals surface area contributed by atoms with Crippen molar-refractivity contribution in [1.29, 1.82) is 0 Å². The molecule has 1 aromatic rings. The van der Waals surface area contributed by atoms with E-state index in [9.17, 15) is 14.3 Å². The molecule has 6 nitrogen and oxygen atoms in total. The highest BCUT2D eigenvalue weighted by molar-refractivity contribution is 7.84. The minimum absolute atomic E-state index is 0.00694. The number of nitrogens with zero attached hydrogens (tertiary/aromatic N) is 2. The zero-order chi connectivity index (χ0) is 12.8. The number of nitro groups is 1. The Morgan fingerprint density at radius 2 is 2.35 bits per heavy atom. The van der Waals surface area contributed by atoms with Gasteiger partial charge < -0.3 is 5.32 Å². The lowest BCUT2D eigenvalue weighted by Gasteiger charge is -2.13. The lowest BCUT2D eigenvalue weighted by atomic mass is 10.2. The van der Waals surface area contributed by atoms with Crippen LogP contribution in [0, 0.1) is 10.1 Å². The molecule has 17 heavy (non-hydrogen) atoms. The highest BCUT2D eigenvalue weighted by Gasteiger charge is 2.15. The Labute approximate surface area is 102 Å². The van der Waals surface area contributed by atoms with Crippen LogP contribution in [-0.2, 0) is 10.8 Å². The van der Waals surface area contributed by atoms with E-state index < -0.39 is 15.7 Å².